The predicted octanol–water partition coefficient (Wildman–Crippen LogP) is 12.4. The fourth-order valence-corrected chi connectivity index (χ4v) is 8.44. The number of fused-ring (bicyclic) bond motifs is 8. The molecule has 228 valence electrons. The monoisotopic (exact) mass is 641 g/mol. The number of nitrogens with zero attached hydrogens (tertiary/aromatic N) is 3. The first-order valence-electron chi connectivity index (χ1n) is 16.5. The van der Waals surface area contributed by atoms with E-state index < -0.39 is 0 Å². The average molecular weight is 642 g/mol. The predicted molar refractivity (Wildman–Crippen MR) is 207 cm³/mol. The van der Waals surface area contributed by atoms with Crippen molar-refractivity contribution in [1.82, 2.24) is 15.0 Å². The minimum absolute atomic E-state index is 0.650. The van der Waals surface area contributed by atoms with E-state index in [0.717, 1.165) is 38.6 Å². The van der Waals surface area contributed by atoms with Crippen LogP contribution in [0.5, 0.6) is 0 Å². The molecular weight excluding hydrogens is 615 g/mol. The maximum Gasteiger partial charge on any atom is 0.164 e. The quantitative estimate of drug-likeness (QED) is 0.180. The Morgan fingerprint density at radius 1 is 0.327 bits per heavy atom. The molecule has 0 saturated carbocycles. The molecule has 0 saturated heterocycles. The fraction of sp³-hybridized carbons (Fsp3) is 0. The molecule has 0 N–H and O–H groups in total. The molecule has 0 radical (unpaired) electrons. The van der Waals surface area contributed by atoms with Gasteiger partial charge in [-0.15, -0.1) is 11.3 Å². The minimum atomic E-state index is 0.650. The molecular formula is C45H27N3S. The second-order valence-electron chi connectivity index (χ2n) is 12.3. The third-order valence-corrected chi connectivity index (χ3v) is 10.7. The second kappa shape index (κ2) is 11.2. The van der Waals surface area contributed by atoms with Gasteiger partial charge in [0.2, 0.25) is 0 Å². The number of rotatable bonds is 4. The van der Waals surface area contributed by atoms with Gasteiger partial charge in [-0.05, 0) is 56.3 Å². The van der Waals surface area contributed by atoms with E-state index in [1.54, 1.807) is 11.3 Å². The molecule has 49 heavy (non-hydrogen) atoms. The zero-order valence-electron chi connectivity index (χ0n) is 26.3. The van der Waals surface area contributed by atoms with Gasteiger partial charge >= 0.3 is 0 Å². The smallest absolute Gasteiger partial charge is 0.164 e. The molecule has 10 rings (SSSR count). The lowest BCUT2D eigenvalue weighted by atomic mass is 9.92. The van der Waals surface area contributed by atoms with Gasteiger partial charge in [0, 0.05) is 42.2 Å². The van der Waals surface area contributed by atoms with Crippen molar-refractivity contribution in [2.75, 3.05) is 0 Å². The minimum Gasteiger partial charge on any atom is -0.208 e. The lowest BCUT2D eigenvalue weighted by molar-refractivity contribution is 1.08. The van der Waals surface area contributed by atoms with E-state index in [4.69, 9.17) is 15.0 Å². The molecule has 0 amide bonds. The van der Waals surface area contributed by atoms with Crippen LogP contribution in [0.15, 0.2) is 164 Å². The van der Waals surface area contributed by atoms with Crippen LogP contribution >= 0.6 is 11.3 Å². The highest BCUT2D eigenvalue weighted by molar-refractivity contribution is 7.25. The zero-order valence-corrected chi connectivity index (χ0v) is 27.2. The Morgan fingerprint density at radius 2 is 0.918 bits per heavy atom. The van der Waals surface area contributed by atoms with E-state index in [0.29, 0.717) is 17.5 Å². The molecule has 0 atom stereocenters. The molecule has 0 spiro atoms. The maximum atomic E-state index is 5.38. The van der Waals surface area contributed by atoms with Crippen molar-refractivity contribution in [3.05, 3.63) is 164 Å². The summed E-state index contributed by atoms with van der Waals surface area (Å²) in [5.74, 6) is 1.97. The van der Waals surface area contributed by atoms with E-state index in [1.807, 2.05) is 6.07 Å². The number of aromatic nitrogens is 3. The number of benzene rings is 8. The van der Waals surface area contributed by atoms with Gasteiger partial charge in [0.15, 0.2) is 17.5 Å². The first kappa shape index (κ1) is 27.8. The van der Waals surface area contributed by atoms with E-state index in [9.17, 15) is 0 Å². The van der Waals surface area contributed by atoms with Crippen LogP contribution in [0.3, 0.4) is 0 Å². The number of thiophene rings is 1. The molecule has 0 aliphatic carbocycles. The van der Waals surface area contributed by atoms with Crippen LogP contribution in [0.4, 0.5) is 0 Å². The molecule has 2 aromatic heterocycles. The molecule has 0 aliphatic rings. The summed E-state index contributed by atoms with van der Waals surface area (Å²) in [5, 5.41) is 9.46. The van der Waals surface area contributed by atoms with Crippen molar-refractivity contribution >= 4 is 63.8 Å². The fourth-order valence-electron chi connectivity index (χ4n) is 7.30. The van der Waals surface area contributed by atoms with Crippen molar-refractivity contribution in [3.8, 4) is 45.3 Å². The highest BCUT2D eigenvalue weighted by Crippen LogP contribution is 2.42. The molecule has 3 nitrogen and oxygen atoms in total. The molecule has 0 aliphatic heterocycles. The van der Waals surface area contributed by atoms with Gasteiger partial charge in [-0.3, -0.25) is 0 Å². The molecule has 2 heterocycles. The van der Waals surface area contributed by atoms with Gasteiger partial charge in [0.1, 0.15) is 0 Å². The zero-order chi connectivity index (χ0) is 32.3. The molecule has 8 aromatic carbocycles. The van der Waals surface area contributed by atoms with Gasteiger partial charge in [-0.2, -0.15) is 0 Å². The Morgan fingerprint density at radius 3 is 1.76 bits per heavy atom. The summed E-state index contributed by atoms with van der Waals surface area (Å²) in [5.41, 5.74) is 5.17. The van der Waals surface area contributed by atoms with Crippen LogP contribution in [0, 0.1) is 0 Å². The summed E-state index contributed by atoms with van der Waals surface area (Å²) >= 11 is 1.80. The van der Waals surface area contributed by atoms with E-state index >= 15 is 0 Å². The van der Waals surface area contributed by atoms with E-state index in [2.05, 4.69) is 158 Å². The summed E-state index contributed by atoms with van der Waals surface area (Å²) < 4.78 is 2.47. The van der Waals surface area contributed by atoms with Crippen LogP contribution in [-0.4, -0.2) is 15.0 Å². The maximum absolute atomic E-state index is 5.38. The average Bonchev–Trinajstić information content (AvgIpc) is 3.56. The van der Waals surface area contributed by atoms with Gasteiger partial charge in [-0.1, -0.05) is 146 Å². The first-order chi connectivity index (χ1) is 24.3. The van der Waals surface area contributed by atoms with Crippen LogP contribution in [0.2, 0.25) is 0 Å². The molecule has 0 bridgehead atoms. The van der Waals surface area contributed by atoms with Gasteiger partial charge in [0.25, 0.3) is 0 Å². The van der Waals surface area contributed by atoms with Gasteiger partial charge in [-0.25, -0.2) is 15.0 Å². The summed E-state index contributed by atoms with van der Waals surface area (Å²) in [6, 6.07) is 57.9. The lowest BCUT2D eigenvalue weighted by Gasteiger charge is -2.15. The number of hydrogen-bond acceptors (Lipinski definition) is 4. The summed E-state index contributed by atoms with van der Waals surface area (Å²) in [7, 11) is 0. The third-order valence-electron chi connectivity index (χ3n) is 9.52. The Bertz CT molecular complexity index is 2890. The Balaban J connectivity index is 1.34. The molecule has 0 fully saturated rings. The number of hydrogen-bond donors (Lipinski definition) is 0. The van der Waals surface area contributed by atoms with Crippen molar-refractivity contribution in [2.24, 2.45) is 0 Å². The normalized spacial score (nSPS) is 11.7. The third kappa shape index (κ3) is 4.53. The van der Waals surface area contributed by atoms with Crippen molar-refractivity contribution in [3.63, 3.8) is 0 Å². The van der Waals surface area contributed by atoms with Gasteiger partial charge in [0.05, 0.1) is 0 Å². The molecule has 10 aromatic rings. The van der Waals surface area contributed by atoms with Crippen molar-refractivity contribution < 1.29 is 0 Å². The van der Waals surface area contributed by atoms with Crippen molar-refractivity contribution in [2.45, 2.75) is 0 Å². The van der Waals surface area contributed by atoms with E-state index in [-0.39, 0.29) is 0 Å². The second-order valence-corrected chi connectivity index (χ2v) is 13.4. The molecule has 4 heteroatoms. The van der Waals surface area contributed by atoms with Crippen LogP contribution in [0.1, 0.15) is 0 Å². The molecule has 0 unspecified atom stereocenters. The van der Waals surface area contributed by atoms with Crippen LogP contribution in [0.25, 0.3) is 97.8 Å². The van der Waals surface area contributed by atoms with E-state index in [1.165, 1.54) is 41.7 Å². The summed E-state index contributed by atoms with van der Waals surface area (Å²) in [6.07, 6.45) is 0. The largest absolute Gasteiger partial charge is 0.208 e. The first-order valence-corrected chi connectivity index (χ1v) is 17.3. The van der Waals surface area contributed by atoms with Crippen molar-refractivity contribution in [1.29, 1.82) is 0 Å². The standard InChI is InChI=1S/C45H27N3S/c1-2-13-28(14-3-1)31-17-8-9-20-35(31)43-46-44(37-22-12-24-40-42(37)36-21-10-11-23-39(36)49-40)48-45(47-43)38-27-30-16-5-6-18-32(30)34-26-25-29-15-4-7-19-33(29)41(34)38/h1-27H. The van der Waals surface area contributed by atoms with Gasteiger partial charge < -0.3 is 0 Å². The Hall–Kier alpha value is -6.23. The lowest BCUT2D eigenvalue weighted by Crippen LogP contribution is -2.02. The summed E-state index contributed by atoms with van der Waals surface area (Å²) in [4.78, 5) is 16.1. The highest BCUT2D eigenvalue weighted by Gasteiger charge is 2.21. The topological polar surface area (TPSA) is 38.7 Å². The summed E-state index contributed by atoms with van der Waals surface area (Å²) in [6.45, 7) is 0. The van der Waals surface area contributed by atoms with Crippen LogP contribution in [-0.2, 0) is 0 Å². The highest BCUT2D eigenvalue weighted by atomic mass is 32.1. The van der Waals surface area contributed by atoms with Crippen LogP contribution < -0.4 is 0 Å². The SMILES string of the molecule is c1ccc(-c2ccccc2-c2nc(-c3cccc4sc5ccccc5c34)nc(-c3cc4ccccc4c4ccc5ccccc5c34)n2)cc1. The Kier molecular flexibility index (Phi) is 6.36. The Labute approximate surface area is 286 Å².